The third-order valence-electron chi connectivity index (χ3n) is 4.75. The molecular weight excluding hydrogens is 318 g/mol. The molecule has 1 fully saturated rings. The molecule has 25 heavy (non-hydrogen) atoms. The van der Waals surface area contributed by atoms with Gasteiger partial charge in [0, 0.05) is 37.0 Å². The molecule has 1 N–H and O–H groups in total. The maximum Gasteiger partial charge on any atom is 0.139 e. The third-order valence-corrected chi connectivity index (χ3v) is 4.75. The van der Waals surface area contributed by atoms with E-state index < -0.39 is 0 Å². The SMILES string of the molecule is CCn1ccnc1[C@H]1OCC[C@@H]1NCc1cc2cc(OC)ccc2o1. The maximum atomic E-state index is 5.94. The van der Waals surface area contributed by atoms with Crippen LogP contribution in [0.2, 0.25) is 0 Å². The Hall–Kier alpha value is -2.31. The fraction of sp³-hybridized carbons (Fsp3) is 0.421. The fourth-order valence-corrected chi connectivity index (χ4v) is 3.42. The number of rotatable bonds is 6. The predicted octanol–water partition coefficient (Wildman–Crippen LogP) is 3.28. The van der Waals surface area contributed by atoms with Gasteiger partial charge in [0.05, 0.1) is 13.7 Å². The maximum absolute atomic E-state index is 5.94. The van der Waals surface area contributed by atoms with Gasteiger partial charge in [-0.2, -0.15) is 0 Å². The van der Waals surface area contributed by atoms with Crippen LogP contribution in [-0.4, -0.2) is 29.3 Å². The molecule has 6 nitrogen and oxygen atoms in total. The van der Waals surface area contributed by atoms with E-state index in [1.54, 1.807) is 7.11 Å². The van der Waals surface area contributed by atoms with Crippen molar-refractivity contribution in [3.63, 3.8) is 0 Å². The van der Waals surface area contributed by atoms with E-state index in [0.29, 0.717) is 6.54 Å². The smallest absolute Gasteiger partial charge is 0.139 e. The van der Waals surface area contributed by atoms with E-state index in [1.165, 1.54) is 0 Å². The highest BCUT2D eigenvalue weighted by Crippen LogP contribution is 2.29. The molecule has 3 aromatic rings. The summed E-state index contributed by atoms with van der Waals surface area (Å²) in [6.07, 6.45) is 4.79. The van der Waals surface area contributed by atoms with Crippen LogP contribution in [-0.2, 0) is 17.8 Å². The molecule has 0 amide bonds. The van der Waals surface area contributed by atoms with Crippen molar-refractivity contribution in [3.05, 3.63) is 48.2 Å². The summed E-state index contributed by atoms with van der Waals surface area (Å²) in [4.78, 5) is 4.49. The molecule has 4 rings (SSSR count). The van der Waals surface area contributed by atoms with Crippen molar-refractivity contribution < 1.29 is 13.9 Å². The molecule has 1 aliphatic rings. The van der Waals surface area contributed by atoms with Crippen LogP contribution < -0.4 is 10.1 Å². The van der Waals surface area contributed by atoms with Crippen molar-refractivity contribution in [2.45, 2.75) is 38.6 Å². The average molecular weight is 341 g/mol. The number of imidazole rings is 1. The highest BCUT2D eigenvalue weighted by Gasteiger charge is 2.32. The molecule has 1 aromatic carbocycles. The van der Waals surface area contributed by atoms with Crippen molar-refractivity contribution in [2.75, 3.05) is 13.7 Å². The van der Waals surface area contributed by atoms with Crippen molar-refractivity contribution >= 4 is 11.0 Å². The van der Waals surface area contributed by atoms with Gasteiger partial charge < -0.3 is 23.8 Å². The van der Waals surface area contributed by atoms with Crippen molar-refractivity contribution in [2.24, 2.45) is 0 Å². The molecule has 0 saturated carbocycles. The highest BCUT2D eigenvalue weighted by atomic mass is 16.5. The van der Waals surface area contributed by atoms with Crippen LogP contribution in [0.5, 0.6) is 5.75 Å². The summed E-state index contributed by atoms with van der Waals surface area (Å²) < 4.78 is 19.3. The minimum absolute atomic E-state index is 0.0144. The minimum Gasteiger partial charge on any atom is -0.497 e. The molecule has 0 radical (unpaired) electrons. The van der Waals surface area contributed by atoms with Gasteiger partial charge in [0.25, 0.3) is 0 Å². The van der Waals surface area contributed by atoms with Crippen LogP contribution in [0, 0.1) is 0 Å². The van der Waals surface area contributed by atoms with Crippen LogP contribution in [0.15, 0.2) is 41.1 Å². The van der Waals surface area contributed by atoms with Gasteiger partial charge >= 0.3 is 0 Å². The quantitative estimate of drug-likeness (QED) is 0.745. The van der Waals surface area contributed by atoms with E-state index in [2.05, 4.69) is 27.9 Å². The fourth-order valence-electron chi connectivity index (χ4n) is 3.42. The number of nitrogens with zero attached hydrogens (tertiary/aromatic N) is 2. The summed E-state index contributed by atoms with van der Waals surface area (Å²) in [6.45, 7) is 4.42. The second-order valence-corrected chi connectivity index (χ2v) is 6.26. The zero-order chi connectivity index (χ0) is 17.2. The van der Waals surface area contributed by atoms with Gasteiger partial charge in [0.15, 0.2) is 0 Å². The monoisotopic (exact) mass is 341 g/mol. The summed E-state index contributed by atoms with van der Waals surface area (Å²) >= 11 is 0. The number of ether oxygens (including phenoxy) is 2. The van der Waals surface area contributed by atoms with Gasteiger partial charge in [-0.15, -0.1) is 0 Å². The molecular formula is C19H23N3O3. The number of nitrogens with one attached hydrogen (secondary N) is 1. The number of furan rings is 1. The lowest BCUT2D eigenvalue weighted by molar-refractivity contribution is 0.0882. The zero-order valence-corrected chi connectivity index (χ0v) is 14.6. The lowest BCUT2D eigenvalue weighted by Crippen LogP contribution is -2.32. The van der Waals surface area contributed by atoms with Gasteiger partial charge in [0.1, 0.15) is 29.0 Å². The Kier molecular flexibility index (Phi) is 4.46. The van der Waals surface area contributed by atoms with Crippen LogP contribution in [0.3, 0.4) is 0 Å². The number of aromatic nitrogens is 2. The third kappa shape index (κ3) is 3.15. The van der Waals surface area contributed by atoms with E-state index in [-0.39, 0.29) is 12.1 Å². The summed E-state index contributed by atoms with van der Waals surface area (Å²) in [5.74, 6) is 2.74. The number of hydrogen-bond acceptors (Lipinski definition) is 5. The second kappa shape index (κ2) is 6.90. The van der Waals surface area contributed by atoms with Gasteiger partial charge in [-0.3, -0.25) is 0 Å². The van der Waals surface area contributed by atoms with E-state index in [4.69, 9.17) is 13.9 Å². The molecule has 2 atom stereocenters. The first-order valence-electron chi connectivity index (χ1n) is 8.71. The summed E-state index contributed by atoms with van der Waals surface area (Å²) in [6, 6.07) is 8.13. The van der Waals surface area contributed by atoms with Crippen molar-refractivity contribution in [3.8, 4) is 5.75 Å². The lowest BCUT2D eigenvalue weighted by atomic mass is 10.1. The molecule has 0 bridgehead atoms. The van der Waals surface area contributed by atoms with Crippen LogP contribution in [0.4, 0.5) is 0 Å². The van der Waals surface area contributed by atoms with Crippen molar-refractivity contribution in [1.82, 2.24) is 14.9 Å². The van der Waals surface area contributed by atoms with Gasteiger partial charge in [-0.1, -0.05) is 0 Å². The second-order valence-electron chi connectivity index (χ2n) is 6.26. The molecule has 0 spiro atoms. The first-order valence-corrected chi connectivity index (χ1v) is 8.71. The van der Waals surface area contributed by atoms with Crippen molar-refractivity contribution in [1.29, 1.82) is 0 Å². The summed E-state index contributed by atoms with van der Waals surface area (Å²) in [5.41, 5.74) is 0.873. The number of aryl methyl sites for hydroxylation is 1. The lowest BCUT2D eigenvalue weighted by Gasteiger charge is -2.19. The number of hydrogen-bond donors (Lipinski definition) is 1. The predicted molar refractivity (Wildman–Crippen MR) is 94.6 cm³/mol. The van der Waals surface area contributed by atoms with E-state index in [1.807, 2.05) is 30.6 Å². The minimum atomic E-state index is -0.0144. The topological polar surface area (TPSA) is 61.5 Å². The van der Waals surface area contributed by atoms with Crippen LogP contribution in [0.25, 0.3) is 11.0 Å². The first-order chi connectivity index (χ1) is 12.3. The Morgan fingerprint density at radius 2 is 2.28 bits per heavy atom. The molecule has 6 heteroatoms. The average Bonchev–Trinajstić information content (AvgIpc) is 3.36. The Morgan fingerprint density at radius 3 is 3.12 bits per heavy atom. The molecule has 2 aromatic heterocycles. The molecule has 1 aliphatic heterocycles. The molecule has 3 heterocycles. The van der Waals surface area contributed by atoms with Gasteiger partial charge in [-0.25, -0.2) is 4.98 Å². The van der Waals surface area contributed by atoms with E-state index >= 15 is 0 Å². The molecule has 132 valence electrons. The molecule has 0 unspecified atom stereocenters. The summed E-state index contributed by atoms with van der Waals surface area (Å²) in [5, 5.41) is 4.63. The molecule has 1 saturated heterocycles. The number of fused-ring (bicyclic) bond motifs is 1. The standard InChI is InChI=1S/C19H23N3O3/c1-3-22-8-7-20-19(22)18-16(6-9-24-18)21-12-15-11-13-10-14(23-2)4-5-17(13)25-15/h4-5,7-8,10-11,16,18,21H,3,6,9,12H2,1-2H3/t16-,18-/m0/s1. The Balaban J connectivity index is 1.47. The number of benzene rings is 1. The normalized spacial score (nSPS) is 20.4. The van der Waals surface area contributed by atoms with Gasteiger partial charge in [-0.05, 0) is 37.6 Å². The highest BCUT2D eigenvalue weighted by molar-refractivity contribution is 5.79. The Morgan fingerprint density at radius 1 is 1.36 bits per heavy atom. The summed E-state index contributed by atoms with van der Waals surface area (Å²) in [7, 11) is 1.67. The largest absolute Gasteiger partial charge is 0.497 e. The molecule has 0 aliphatic carbocycles. The Labute approximate surface area is 146 Å². The van der Waals surface area contributed by atoms with Gasteiger partial charge in [0.2, 0.25) is 0 Å². The van der Waals surface area contributed by atoms with Crippen LogP contribution >= 0.6 is 0 Å². The zero-order valence-electron chi connectivity index (χ0n) is 14.6. The van der Waals surface area contributed by atoms with Crippen LogP contribution in [0.1, 0.15) is 31.0 Å². The first kappa shape index (κ1) is 16.2. The Bertz CT molecular complexity index is 855. The van der Waals surface area contributed by atoms with E-state index in [0.717, 1.165) is 47.9 Å². The number of methoxy groups -OCH3 is 1. The van der Waals surface area contributed by atoms with E-state index in [9.17, 15) is 0 Å².